The normalized spacial score (nSPS) is 33.3. The van der Waals surface area contributed by atoms with E-state index >= 15 is 0 Å². The summed E-state index contributed by atoms with van der Waals surface area (Å²) in [6, 6.07) is 4.68. The van der Waals surface area contributed by atoms with Gasteiger partial charge in [0, 0.05) is 30.9 Å². The molecule has 3 saturated heterocycles. The molecule has 0 unspecified atom stereocenters. The van der Waals surface area contributed by atoms with Crippen LogP contribution in [0.5, 0.6) is 0 Å². The number of piperidine rings is 1. The van der Waals surface area contributed by atoms with Crippen molar-refractivity contribution in [1.82, 2.24) is 15.1 Å². The van der Waals surface area contributed by atoms with Gasteiger partial charge in [-0.05, 0) is 56.8 Å². The number of ether oxygens (including phenoxy) is 1. The number of amides is 3. The van der Waals surface area contributed by atoms with Gasteiger partial charge in [0.25, 0.3) is 0 Å². The number of benzene rings is 1. The second kappa shape index (κ2) is 11.9. The quantitative estimate of drug-likeness (QED) is 0.417. The summed E-state index contributed by atoms with van der Waals surface area (Å²) >= 11 is 12.2. The van der Waals surface area contributed by atoms with E-state index in [0.717, 1.165) is 51.5 Å². The Labute approximate surface area is 252 Å². The summed E-state index contributed by atoms with van der Waals surface area (Å²) in [5.41, 5.74) is -0.665. The minimum Gasteiger partial charge on any atom is -0.359 e. The molecule has 8 nitrogen and oxygen atoms in total. The Morgan fingerprint density at radius 3 is 2.56 bits per heavy atom. The van der Waals surface area contributed by atoms with Crippen LogP contribution in [0.2, 0.25) is 10.0 Å². The number of rotatable bonds is 8. The van der Waals surface area contributed by atoms with Gasteiger partial charge in [0.1, 0.15) is 11.6 Å². The third-order valence-electron chi connectivity index (χ3n) is 9.91. The smallest absolute Gasteiger partial charge is 0.246 e. The lowest BCUT2D eigenvalue weighted by atomic mass is 9.74. The van der Waals surface area contributed by atoms with Crippen molar-refractivity contribution in [2.24, 2.45) is 11.8 Å². The minimum absolute atomic E-state index is 0.103. The van der Waals surface area contributed by atoms with Crippen molar-refractivity contribution in [2.75, 3.05) is 25.0 Å². The molecule has 1 aromatic carbocycles. The summed E-state index contributed by atoms with van der Waals surface area (Å²) in [5.74, 6) is -2.20. The van der Waals surface area contributed by atoms with Gasteiger partial charge in [-0.25, -0.2) is 0 Å². The highest BCUT2D eigenvalue weighted by atomic mass is 35.5. The van der Waals surface area contributed by atoms with Gasteiger partial charge in [-0.3, -0.25) is 19.3 Å². The molecule has 1 aliphatic carbocycles. The first-order valence-corrected chi connectivity index (χ1v) is 16.1. The van der Waals surface area contributed by atoms with Gasteiger partial charge in [-0.1, -0.05) is 68.0 Å². The van der Waals surface area contributed by atoms with Gasteiger partial charge in [0.15, 0.2) is 0 Å². The van der Waals surface area contributed by atoms with E-state index in [1.165, 1.54) is 12.8 Å². The van der Waals surface area contributed by atoms with Crippen molar-refractivity contribution in [3.8, 4) is 0 Å². The largest absolute Gasteiger partial charge is 0.359 e. The molecule has 1 spiro atoms. The summed E-state index contributed by atoms with van der Waals surface area (Å²) in [6.07, 6.45) is 13.0. The van der Waals surface area contributed by atoms with E-state index in [2.05, 4.69) is 22.5 Å². The molecule has 222 valence electrons. The molecule has 6 rings (SSSR count). The highest BCUT2D eigenvalue weighted by Crippen LogP contribution is 2.55. The Morgan fingerprint density at radius 1 is 1.02 bits per heavy atom. The number of halogens is 2. The molecule has 2 bridgehead atoms. The van der Waals surface area contributed by atoms with Crippen molar-refractivity contribution in [3.63, 3.8) is 0 Å². The highest BCUT2D eigenvalue weighted by Gasteiger charge is 2.72. The second-order valence-corrected chi connectivity index (χ2v) is 13.1. The van der Waals surface area contributed by atoms with Crippen LogP contribution in [0.1, 0.15) is 64.7 Å². The lowest BCUT2D eigenvalue weighted by Crippen LogP contribution is -2.57. The molecule has 3 amide bonds. The summed E-state index contributed by atoms with van der Waals surface area (Å²) in [6.45, 7) is 4.34. The molecule has 6 atom stereocenters. The summed E-state index contributed by atoms with van der Waals surface area (Å²) < 4.78 is 6.50. The van der Waals surface area contributed by atoms with Crippen molar-refractivity contribution in [3.05, 3.63) is 40.4 Å². The fourth-order valence-electron chi connectivity index (χ4n) is 7.89. The molecule has 41 heavy (non-hydrogen) atoms. The third-order valence-corrected chi connectivity index (χ3v) is 10.7. The Hall–Kier alpha value is -2.13. The zero-order valence-corrected chi connectivity index (χ0v) is 25.1. The van der Waals surface area contributed by atoms with E-state index in [9.17, 15) is 14.4 Å². The van der Waals surface area contributed by atoms with Crippen molar-refractivity contribution >= 4 is 46.6 Å². The monoisotopic (exact) mass is 602 g/mol. The average Bonchev–Trinajstić information content (AvgIpc) is 3.61. The van der Waals surface area contributed by atoms with Gasteiger partial charge < -0.3 is 20.3 Å². The van der Waals surface area contributed by atoms with Crippen LogP contribution >= 0.6 is 23.2 Å². The molecule has 4 aliphatic heterocycles. The van der Waals surface area contributed by atoms with Crippen LogP contribution in [-0.4, -0.2) is 77.0 Å². The van der Waals surface area contributed by atoms with E-state index in [4.69, 9.17) is 27.9 Å². The maximum atomic E-state index is 14.3. The minimum atomic E-state index is -1.16. The van der Waals surface area contributed by atoms with Crippen molar-refractivity contribution in [2.45, 2.75) is 94.5 Å². The summed E-state index contributed by atoms with van der Waals surface area (Å²) in [5, 5.41) is 6.90. The zero-order valence-electron chi connectivity index (χ0n) is 23.6. The number of nitrogens with one attached hydrogen (secondary N) is 2. The molecule has 0 aromatic heterocycles. The third kappa shape index (κ3) is 5.30. The van der Waals surface area contributed by atoms with E-state index in [-0.39, 0.29) is 23.8 Å². The maximum Gasteiger partial charge on any atom is 0.246 e. The molecule has 2 N–H and O–H groups in total. The summed E-state index contributed by atoms with van der Waals surface area (Å²) in [4.78, 5) is 46.2. The lowest BCUT2D eigenvalue weighted by molar-refractivity contribution is -0.141. The molecule has 5 aliphatic rings. The molecule has 1 saturated carbocycles. The Kier molecular flexibility index (Phi) is 8.38. The maximum absolute atomic E-state index is 14.3. The van der Waals surface area contributed by atoms with E-state index in [1.54, 1.807) is 23.1 Å². The number of carbonyl (C=O) groups excluding carboxylic acids is 3. The van der Waals surface area contributed by atoms with Crippen LogP contribution < -0.4 is 10.6 Å². The van der Waals surface area contributed by atoms with E-state index < -0.39 is 29.6 Å². The highest BCUT2D eigenvalue weighted by molar-refractivity contribution is 6.42. The molecule has 4 fully saturated rings. The number of hydrogen-bond acceptors (Lipinski definition) is 5. The molecule has 4 heterocycles. The first-order valence-electron chi connectivity index (χ1n) is 15.3. The van der Waals surface area contributed by atoms with E-state index in [1.807, 2.05) is 12.2 Å². The number of anilines is 1. The number of likely N-dealkylation sites (tertiary alicyclic amines) is 2. The molecule has 10 heteroatoms. The molecular formula is C31H40Cl2N4O4. The summed E-state index contributed by atoms with van der Waals surface area (Å²) in [7, 11) is 0. The number of nitrogens with zero attached hydrogens (tertiary/aromatic N) is 2. The number of carbonyl (C=O) groups is 3. The topological polar surface area (TPSA) is 91.0 Å². The Bertz CT molecular complexity index is 1220. The average molecular weight is 604 g/mol. The lowest BCUT2D eigenvalue weighted by Gasteiger charge is -2.38. The van der Waals surface area contributed by atoms with Crippen LogP contribution in [0.4, 0.5) is 5.69 Å². The zero-order chi connectivity index (χ0) is 28.7. The van der Waals surface area contributed by atoms with Gasteiger partial charge in [-0.15, -0.1) is 0 Å². The second-order valence-electron chi connectivity index (χ2n) is 12.3. The van der Waals surface area contributed by atoms with Crippen LogP contribution in [0, 0.1) is 11.8 Å². The van der Waals surface area contributed by atoms with Gasteiger partial charge >= 0.3 is 0 Å². The predicted molar refractivity (Wildman–Crippen MR) is 159 cm³/mol. The van der Waals surface area contributed by atoms with Gasteiger partial charge in [-0.2, -0.15) is 0 Å². The van der Waals surface area contributed by atoms with Crippen LogP contribution in [0.3, 0.4) is 0 Å². The van der Waals surface area contributed by atoms with Crippen LogP contribution in [0.15, 0.2) is 30.4 Å². The molecular weight excluding hydrogens is 563 g/mol. The molecule has 1 aromatic rings. The fraction of sp³-hybridized carbons (Fsp3) is 0.645. The van der Waals surface area contributed by atoms with Gasteiger partial charge in [0.2, 0.25) is 17.7 Å². The Balaban J connectivity index is 1.27. The first kappa shape index (κ1) is 29.0. The Morgan fingerprint density at radius 2 is 1.80 bits per heavy atom. The predicted octanol–water partition coefficient (Wildman–Crippen LogP) is 4.80. The number of fused-ring (bicyclic) bond motifs is 1. The standard InChI is InChI=1S/C31H40Cl2N4O4/c1-2-21-10-6-7-15-36(21)16-17-37-27(29(39)34-19-8-4-3-5-9-19)31-14-13-24(41-31)25(26(31)30(37)40)28(38)35-20-11-12-22(32)23(33)18-20/h11-14,18-19,21,24-27H,2-10,15-17H2,1H3,(H,34,39)(H,35,38)/t21-,24+,25+,26+,27-,31+/m1/s1. The fourth-order valence-corrected chi connectivity index (χ4v) is 8.19. The van der Waals surface area contributed by atoms with E-state index in [0.29, 0.717) is 34.9 Å². The van der Waals surface area contributed by atoms with Crippen LogP contribution in [-0.2, 0) is 19.1 Å². The van der Waals surface area contributed by atoms with Gasteiger partial charge in [0.05, 0.1) is 28.0 Å². The van der Waals surface area contributed by atoms with Crippen molar-refractivity contribution < 1.29 is 19.1 Å². The molecule has 0 radical (unpaired) electrons. The van der Waals surface area contributed by atoms with Crippen LogP contribution in [0.25, 0.3) is 0 Å². The SMILES string of the molecule is CC[C@@H]1CCCCN1CCN1C(=O)[C@@H]2[C@@H](C(=O)Nc3ccc(Cl)c(Cl)c3)[C@@H]3C=C[C@@]2(O3)[C@H]1C(=O)NC1CCCCC1. The number of hydrogen-bond donors (Lipinski definition) is 2. The van der Waals surface area contributed by atoms with Crippen molar-refractivity contribution in [1.29, 1.82) is 0 Å². The first-order chi connectivity index (χ1) is 19.8.